The zero-order valence-electron chi connectivity index (χ0n) is 15.1. The number of ether oxygens (including phenoxy) is 3. The molecule has 0 saturated carbocycles. The van der Waals surface area contributed by atoms with Gasteiger partial charge in [0.15, 0.2) is 11.5 Å². The Bertz CT molecular complexity index is 755. The summed E-state index contributed by atoms with van der Waals surface area (Å²) in [6.45, 7) is 2.11. The van der Waals surface area contributed by atoms with Crippen molar-refractivity contribution in [2.75, 3.05) is 21.3 Å². The number of rotatable bonds is 7. The Morgan fingerprint density at radius 2 is 1.68 bits per heavy atom. The maximum Gasteiger partial charge on any atom is 0.170 e. The third-order valence-electron chi connectivity index (χ3n) is 4.04. The summed E-state index contributed by atoms with van der Waals surface area (Å²) < 4.78 is 16.2. The molecule has 0 atom stereocenters. The molecule has 0 saturated heterocycles. The molecule has 0 amide bonds. The van der Waals surface area contributed by atoms with Crippen LogP contribution < -0.4 is 31.2 Å². The number of methoxy groups -OCH3 is 3. The number of aryl methyl sites for hydroxylation is 1. The van der Waals surface area contributed by atoms with Crippen molar-refractivity contribution in [3.63, 3.8) is 0 Å². The van der Waals surface area contributed by atoms with Gasteiger partial charge in [-0.15, -0.1) is 0 Å². The number of nitrogens with two attached hydrogens (primary N) is 2. The van der Waals surface area contributed by atoms with Crippen LogP contribution in [0.4, 0.5) is 0 Å². The SMILES string of the molecule is CCc1ccc(/C(NN)=C(/N)c2cc(OC)cc(OC)c2OC)cc1. The van der Waals surface area contributed by atoms with Crippen molar-refractivity contribution in [2.24, 2.45) is 11.6 Å². The average molecular weight is 343 g/mol. The molecule has 2 rings (SSSR count). The van der Waals surface area contributed by atoms with E-state index >= 15 is 0 Å². The third-order valence-corrected chi connectivity index (χ3v) is 4.04. The van der Waals surface area contributed by atoms with Gasteiger partial charge in [0.25, 0.3) is 0 Å². The summed E-state index contributed by atoms with van der Waals surface area (Å²) in [6, 6.07) is 11.6. The maximum atomic E-state index is 6.42. The van der Waals surface area contributed by atoms with Gasteiger partial charge in [0.2, 0.25) is 0 Å². The minimum absolute atomic E-state index is 0.431. The van der Waals surface area contributed by atoms with Gasteiger partial charge in [-0.2, -0.15) is 0 Å². The van der Waals surface area contributed by atoms with Crippen LogP contribution in [0, 0.1) is 0 Å². The molecule has 0 heterocycles. The molecule has 134 valence electrons. The average Bonchev–Trinajstić information content (AvgIpc) is 2.67. The van der Waals surface area contributed by atoms with Crippen LogP contribution in [0.25, 0.3) is 11.4 Å². The van der Waals surface area contributed by atoms with Crippen molar-refractivity contribution in [3.8, 4) is 17.2 Å². The summed E-state index contributed by atoms with van der Waals surface area (Å²) in [4.78, 5) is 0. The highest BCUT2D eigenvalue weighted by atomic mass is 16.5. The van der Waals surface area contributed by atoms with Crippen molar-refractivity contribution >= 4 is 11.4 Å². The van der Waals surface area contributed by atoms with E-state index in [1.165, 1.54) is 5.56 Å². The van der Waals surface area contributed by atoms with Gasteiger partial charge in [0.05, 0.1) is 32.7 Å². The lowest BCUT2D eigenvalue weighted by molar-refractivity contribution is 0.348. The molecule has 0 bridgehead atoms. The second-order valence-corrected chi connectivity index (χ2v) is 5.39. The highest BCUT2D eigenvalue weighted by Gasteiger charge is 2.18. The van der Waals surface area contributed by atoms with Crippen LogP contribution in [0.5, 0.6) is 17.2 Å². The fraction of sp³-hybridized carbons (Fsp3) is 0.263. The largest absolute Gasteiger partial charge is 0.497 e. The Morgan fingerprint density at radius 1 is 1.00 bits per heavy atom. The molecule has 0 spiro atoms. The molecule has 0 aliphatic rings. The van der Waals surface area contributed by atoms with E-state index in [1.54, 1.807) is 33.5 Å². The van der Waals surface area contributed by atoms with Crippen molar-refractivity contribution in [1.82, 2.24) is 5.43 Å². The van der Waals surface area contributed by atoms with Crippen molar-refractivity contribution in [3.05, 3.63) is 53.1 Å². The monoisotopic (exact) mass is 343 g/mol. The molecule has 2 aromatic carbocycles. The van der Waals surface area contributed by atoms with E-state index in [0.29, 0.717) is 34.2 Å². The van der Waals surface area contributed by atoms with Crippen LogP contribution >= 0.6 is 0 Å². The molecule has 2 aromatic rings. The topological polar surface area (TPSA) is 91.8 Å². The van der Waals surface area contributed by atoms with E-state index < -0.39 is 0 Å². The number of hydrogen-bond donors (Lipinski definition) is 3. The smallest absolute Gasteiger partial charge is 0.170 e. The number of benzene rings is 2. The predicted molar refractivity (Wildman–Crippen MR) is 100 cm³/mol. The van der Waals surface area contributed by atoms with E-state index in [2.05, 4.69) is 12.3 Å². The lowest BCUT2D eigenvalue weighted by Crippen LogP contribution is -2.23. The quantitative estimate of drug-likeness (QED) is 0.406. The summed E-state index contributed by atoms with van der Waals surface area (Å²) in [5.41, 5.74) is 12.9. The summed E-state index contributed by atoms with van der Waals surface area (Å²) in [5, 5.41) is 0. The zero-order chi connectivity index (χ0) is 18.4. The molecule has 5 N–H and O–H groups in total. The number of nitrogens with one attached hydrogen (secondary N) is 1. The van der Waals surface area contributed by atoms with Crippen molar-refractivity contribution in [1.29, 1.82) is 0 Å². The lowest BCUT2D eigenvalue weighted by atomic mass is 10.0. The molecule has 0 fully saturated rings. The van der Waals surface area contributed by atoms with Gasteiger partial charge in [-0.3, -0.25) is 5.84 Å². The first-order chi connectivity index (χ1) is 12.1. The minimum atomic E-state index is 0.431. The van der Waals surface area contributed by atoms with Gasteiger partial charge in [-0.05, 0) is 18.1 Å². The van der Waals surface area contributed by atoms with E-state index in [0.717, 1.165) is 12.0 Å². The van der Waals surface area contributed by atoms with Crippen molar-refractivity contribution < 1.29 is 14.2 Å². The Morgan fingerprint density at radius 3 is 2.16 bits per heavy atom. The van der Waals surface area contributed by atoms with Crippen LogP contribution in [0.15, 0.2) is 36.4 Å². The molecule has 0 radical (unpaired) electrons. The third kappa shape index (κ3) is 3.80. The first-order valence-electron chi connectivity index (χ1n) is 7.95. The zero-order valence-corrected chi connectivity index (χ0v) is 15.1. The molecule has 6 nitrogen and oxygen atoms in total. The molecule has 0 aromatic heterocycles. The fourth-order valence-electron chi connectivity index (χ4n) is 2.62. The standard InChI is InChI=1S/C19H25N3O3/c1-5-12-6-8-13(9-7-12)18(22-21)17(20)15-10-14(23-2)11-16(24-3)19(15)25-4/h6-11,22H,5,20-21H2,1-4H3/b18-17-. The maximum absolute atomic E-state index is 6.42. The molecule has 6 heteroatoms. The summed E-state index contributed by atoms with van der Waals surface area (Å²) in [7, 11) is 4.70. The van der Waals surface area contributed by atoms with Gasteiger partial charge >= 0.3 is 0 Å². The van der Waals surface area contributed by atoms with Crippen molar-refractivity contribution in [2.45, 2.75) is 13.3 Å². The molecule has 0 aliphatic heterocycles. The van der Waals surface area contributed by atoms with E-state index in [-0.39, 0.29) is 0 Å². The van der Waals surface area contributed by atoms with E-state index in [9.17, 15) is 0 Å². The van der Waals surface area contributed by atoms with Gasteiger partial charge < -0.3 is 25.4 Å². The normalized spacial score (nSPS) is 11.6. The minimum Gasteiger partial charge on any atom is -0.497 e. The molecule has 25 heavy (non-hydrogen) atoms. The Labute approximate surface area is 148 Å². The van der Waals surface area contributed by atoms with Gasteiger partial charge in [-0.25, -0.2) is 0 Å². The van der Waals surface area contributed by atoms with Crippen LogP contribution in [0.3, 0.4) is 0 Å². The Balaban J connectivity index is 2.64. The Hall–Kier alpha value is -2.86. The molecule has 0 unspecified atom stereocenters. The second kappa shape index (κ2) is 8.30. The van der Waals surface area contributed by atoms with Crippen LogP contribution in [-0.2, 0) is 6.42 Å². The van der Waals surface area contributed by atoms with Gasteiger partial charge in [0, 0.05) is 17.2 Å². The summed E-state index contributed by atoms with van der Waals surface area (Å²) in [6.07, 6.45) is 0.964. The number of hydrogen-bond acceptors (Lipinski definition) is 6. The first kappa shape index (κ1) is 18.5. The predicted octanol–water partition coefficient (Wildman–Crippen LogP) is 2.52. The highest BCUT2D eigenvalue weighted by Crippen LogP contribution is 2.39. The molecular formula is C19H25N3O3. The fourth-order valence-corrected chi connectivity index (χ4v) is 2.62. The number of hydrazine groups is 1. The summed E-state index contributed by atoms with van der Waals surface area (Å²) in [5.74, 6) is 7.40. The molecular weight excluding hydrogens is 318 g/mol. The van der Waals surface area contributed by atoms with Crippen LogP contribution in [0.2, 0.25) is 0 Å². The van der Waals surface area contributed by atoms with Gasteiger partial charge in [0.1, 0.15) is 5.75 Å². The first-order valence-corrected chi connectivity index (χ1v) is 7.95. The second-order valence-electron chi connectivity index (χ2n) is 5.39. The van der Waals surface area contributed by atoms with Crippen LogP contribution in [0.1, 0.15) is 23.6 Å². The highest BCUT2D eigenvalue weighted by molar-refractivity contribution is 5.91. The lowest BCUT2D eigenvalue weighted by Gasteiger charge is -2.18. The van der Waals surface area contributed by atoms with Gasteiger partial charge in [-0.1, -0.05) is 31.2 Å². The van der Waals surface area contributed by atoms with E-state index in [4.69, 9.17) is 25.8 Å². The Kier molecular flexibility index (Phi) is 6.14. The van der Waals surface area contributed by atoms with E-state index in [1.807, 2.05) is 24.3 Å². The van der Waals surface area contributed by atoms with Crippen LogP contribution in [-0.4, -0.2) is 21.3 Å². The summed E-state index contributed by atoms with van der Waals surface area (Å²) >= 11 is 0. The molecule has 0 aliphatic carbocycles.